The van der Waals surface area contributed by atoms with Gasteiger partial charge in [-0.3, -0.25) is 9.59 Å². The molecule has 142 valence electrons. The first-order valence-electron chi connectivity index (χ1n) is 8.52. The van der Waals surface area contributed by atoms with Crippen molar-refractivity contribution in [2.24, 2.45) is 11.8 Å². The molecule has 0 spiro atoms. The molecule has 1 aromatic carbocycles. The van der Waals surface area contributed by atoms with E-state index in [-0.39, 0.29) is 23.4 Å². The zero-order valence-corrected chi connectivity index (χ0v) is 15.3. The van der Waals surface area contributed by atoms with Gasteiger partial charge < -0.3 is 14.8 Å². The molecule has 8 nitrogen and oxygen atoms in total. The van der Waals surface area contributed by atoms with Crippen LogP contribution in [-0.2, 0) is 29.1 Å². The molecule has 1 saturated carbocycles. The molecule has 1 aromatic rings. The fourth-order valence-electron chi connectivity index (χ4n) is 2.74. The van der Waals surface area contributed by atoms with Crippen molar-refractivity contribution in [3.05, 3.63) is 24.3 Å². The highest BCUT2D eigenvalue weighted by molar-refractivity contribution is 7.89. The highest BCUT2D eigenvalue weighted by Crippen LogP contribution is 2.38. The van der Waals surface area contributed by atoms with Crippen LogP contribution < -0.4 is 5.32 Å². The summed E-state index contributed by atoms with van der Waals surface area (Å²) in [5.74, 6) is -0.575. The van der Waals surface area contributed by atoms with E-state index in [1.54, 1.807) is 0 Å². The van der Waals surface area contributed by atoms with Crippen LogP contribution in [0.15, 0.2) is 29.2 Å². The summed E-state index contributed by atoms with van der Waals surface area (Å²) in [6.45, 7) is 3.02. The summed E-state index contributed by atoms with van der Waals surface area (Å²) in [5, 5.41) is 2.58. The molecule has 1 aliphatic heterocycles. The number of amides is 1. The Morgan fingerprint density at radius 2 is 1.85 bits per heavy atom. The first-order valence-corrected chi connectivity index (χ1v) is 9.96. The predicted octanol–water partition coefficient (Wildman–Crippen LogP) is 0.845. The van der Waals surface area contributed by atoms with Crippen LogP contribution in [0, 0.1) is 11.8 Å². The van der Waals surface area contributed by atoms with Gasteiger partial charge in [-0.15, -0.1) is 0 Å². The Morgan fingerprint density at radius 3 is 2.42 bits per heavy atom. The van der Waals surface area contributed by atoms with E-state index in [0.29, 0.717) is 37.9 Å². The number of anilines is 1. The van der Waals surface area contributed by atoms with E-state index in [1.807, 2.05) is 6.92 Å². The smallest absolute Gasteiger partial charge is 0.309 e. The number of nitrogens with one attached hydrogen (secondary N) is 1. The first kappa shape index (κ1) is 18.8. The lowest BCUT2D eigenvalue weighted by Crippen LogP contribution is -2.40. The third-order valence-electron chi connectivity index (χ3n) is 4.50. The maximum atomic E-state index is 12.5. The van der Waals surface area contributed by atoms with Gasteiger partial charge in [0, 0.05) is 18.8 Å². The fourth-order valence-corrected chi connectivity index (χ4v) is 4.15. The summed E-state index contributed by atoms with van der Waals surface area (Å²) in [6, 6.07) is 5.91. The maximum Gasteiger partial charge on any atom is 0.309 e. The maximum absolute atomic E-state index is 12.5. The van der Waals surface area contributed by atoms with Gasteiger partial charge >= 0.3 is 5.97 Å². The molecule has 1 heterocycles. The van der Waals surface area contributed by atoms with E-state index in [2.05, 4.69) is 5.32 Å². The van der Waals surface area contributed by atoms with Crippen molar-refractivity contribution >= 4 is 27.6 Å². The zero-order chi connectivity index (χ0) is 18.7. The number of benzene rings is 1. The van der Waals surface area contributed by atoms with Gasteiger partial charge in [0.25, 0.3) is 5.91 Å². The second kappa shape index (κ2) is 7.73. The van der Waals surface area contributed by atoms with Crippen LogP contribution in [0.25, 0.3) is 0 Å². The molecular formula is C17H22N2O6S. The zero-order valence-electron chi connectivity index (χ0n) is 14.5. The van der Waals surface area contributed by atoms with Crippen molar-refractivity contribution in [2.45, 2.75) is 18.2 Å². The number of ether oxygens (including phenoxy) is 2. The SMILES string of the molecule is C[C@@H]1C[C@H]1C(=O)OCC(=O)Nc1ccc(S(=O)(=O)N2CCOCC2)cc1. The Balaban J connectivity index is 1.53. The van der Waals surface area contributed by atoms with Gasteiger partial charge in [0.2, 0.25) is 10.0 Å². The molecule has 0 aromatic heterocycles. The molecule has 2 aliphatic rings. The van der Waals surface area contributed by atoms with Gasteiger partial charge in [-0.05, 0) is 36.6 Å². The Bertz CT molecular complexity index is 771. The summed E-state index contributed by atoms with van der Waals surface area (Å²) in [5.41, 5.74) is 0.437. The molecule has 2 atom stereocenters. The van der Waals surface area contributed by atoms with Crippen molar-refractivity contribution in [3.8, 4) is 0 Å². The minimum absolute atomic E-state index is 0.0903. The Labute approximate surface area is 152 Å². The minimum atomic E-state index is -3.57. The molecule has 0 bridgehead atoms. The Morgan fingerprint density at radius 1 is 1.23 bits per heavy atom. The standard InChI is InChI=1S/C17H22N2O6S/c1-12-10-15(12)17(21)25-11-16(20)18-13-2-4-14(5-3-13)26(22,23)19-6-8-24-9-7-19/h2-5,12,15H,6-11H2,1H3,(H,18,20)/t12-,15-/m1/s1. The second-order valence-corrected chi connectivity index (χ2v) is 8.45. The molecule has 2 fully saturated rings. The number of hydrogen-bond donors (Lipinski definition) is 1. The lowest BCUT2D eigenvalue weighted by atomic mass is 10.3. The van der Waals surface area contributed by atoms with Gasteiger partial charge in [-0.2, -0.15) is 4.31 Å². The number of morpholine rings is 1. The van der Waals surface area contributed by atoms with Gasteiger partial charge in [-0.25, -0.2) is 8.42 Å². The van der Waals surface area contributed by atoms with Crippen LogP contribution in [0.1, 0.15) is 13.3 Å². The van der Waals surface area contributed by atoms with Crippen molar-refractivity contribution in [1.82, 2.24) is 4.31 Å². The molecular weight excluding hydrogens is 360 g/mol. The van der Waals surface area contributed by atoms with Gasteiger partial charge in [0.05, 0.1) is 24.0 Å². The molecule has 26 heavy (non-hydrogen) atoms. The van der Waals surface area contributed by atoms with Gasteiger partial charge in [0.15, 0.2) is 6.61 Å². The van der Waals surface area contributed by atoms with E-state index in [9.17, 15) is 18.0 Å². The van der Waals surface area contributed by atoms with Gasteiger partial charge in [-0.1, -0.05) is 6.92 Å². The van der Waals surface area contributed by atoms with E-state index in [1.165, 1.54) is 28.6 Å². The van der Waals surface area contributed by atoms with Crippen LogP contribution in [0.2, 0.25) is 0 Å². The highest BCUT2D eigenvalue weighted by Gasteiger charge is 2.40. The molecule has 1 saturated heterocycles. The number of hydrogen-bond acceptors (Lipinski definition) is 6. The number of sulfonamides is 1. The van der Waals surface area contributed by atoms with Crippen LogP contribution in [0.4, 0.5) is 5.69 Å². The summed E-state index contributed by atoms with van der Waals surface area (Å²) in [7, 11) is -3.57. The summed E-state index contributed by atoms with van der Waals surface area (Å²) >= 11 is 0. The second-order valence-electron chi connectivity index (χ2n) is 6.52. The van der Waals surface area contributed by atoms with Crippen molar-refractivity contribution in [1.29, 1.82) is 0 Å². The molecule has 0 radical (unpaired) electrons. The number of rotatable bonds is 6. The van der Waals surface area contributed by atoms with Crippen LogP contribution in [0.3, 0.4) is 0 Å². The third-order valence-corrected chi connectivity index (χ3v) is 6.42. The fraction of sp³-hybridized carbons (Fsp3) is 0.529. The van der Waals surface area contributed by atoms with Crippen molar-refractivity contribution < 1.29 is 27.5 Å². The lowest BCUT2D eigenvalue weighted by Gasteiger charge is -2.26. The largest absolute Gasteiger partial charge is 0.455 e. The van der Waals surface area contributed by atoms with E-state index < -0.39 is 15.9 Å². The summed E-state index contributed by atoms with van der Waals surface area (Å²) in [4.78, 5) is 23.6. The lowest BCUT2D eigenvalue weighted by molar-refractivity contribution is -0.148. The normalized spacial score (nSPS) is 23.3. The Hall–Kier alpha value is -1.97. The number of nitrogens with zero attached hydrogens (tertiary/aromatic N) is 1. The number of carbonyl (C=O) groups is 2. The van der Waals surface area contributed by atoms with Crippen molar-refractivity contribution in [2.75, 3.05) is 38.2 Å². The average molecular weight is 382 g/mol. The van der Waals surface area contributed by atoms with E-state index in [0.717, 1.165) is 6.42 Å². The monoisotopic (exact) mass is 382 g/mol. The molecule has 3 rings (SSSR count). The topological polar surface area (TPSA) is 102 Å². The summed E-state index contributed by atoms with van der Waals surface area (Å²) in [6.07, 6.45) is 0.805. The molecule has 1 aliphatic carbocycles. The predicted molar refractivity (Wildman–Crippen MR) is 92.9 cm³/mol. The minimum Gasteiger partial charge on any atom is -0.455 e. The number of esters is 1. The number of carbonyl (C=O) groups excluding carboxylic acids is 2. The third kappa shape index (κ3) is 4.40. The van der Waals surface area contributed by atoms with Crippen LogP contribution in [-0.4, -0.2) is 57.5 Å². The van der Waals surface area contributed by atoms with E-state index in [4.69, 9.17) is 9.47 Å². The first-order chi connectivity index (χ1) is 12.4. The van der Waals surface area contributed by atoms with Crippen LogP contribution in [0.5, 0.6) is 0 Å². The van der Waals surface area contributed by atoms with Crippen molar-refractivity contribution in [3.63, 3.8) is 0 Å². The van der Waals surface area contributed by atoms with E-state index >= 15 is 0 Å². The quantitative estimate of drug-likeness (QED) is 0.732. The highest BCUT2D eigenvalue weighted by atomic mass is 32.2. The Kier molecular flexibility index (Phi) is 5.59. The molecule has 9 heteroatoms. The molecule has 1 amide bonds. The molecule has 0 unspecified atom stereocenters. The summed E-state index contributed by atoms with van der Waals surface area (Å²) < 4.78 is 36.5. The van der Waals surface area contributed by atoms with Crippen LogP contribution >= 0.6 is 0 Å². The molecule has 1 N–H and O–H groups in total. The average Bonchev–Trinajstić information content (AvgIpc) is 3.38. The van der Waals surface area contributed by atoms with Gasteiger partial charge in [0.1, 0.15) is 0 Å².